The molecule has 0 bridgehead atoms. The predicted octanol–water partition coefficient (Wildman–Crippen LogP) is 5.95. The predicted molar refractivity (Wildman–Crippen MR) is 102 cm³/mol. The lowest BCUT2D eigenvalue weighted by Gasteiger charge is -2.43. The second kappa shape index (κ2) is 10.7. The normalized spacial score (nSPS) is 22.0. The first-order valence-corrected chi connectivity index (χ1v) is 10.2. The summed E-state index contributed by atoms with van der Waals surface area (Å²) >= 11 is 0. The van der Waals surface area contributed by atoms with Crippen molar-refractivity contribution < 1.29 is 4.74 Å². The minimum Gasteiger partial charge on any atom is -0.374 e. The van der Waals surface area contributed by atoms with E-state index in [2.05, 4.69) is 39.9 Å². The highest BCUT2D eigenvalue weighted by Crippen LogP contribution is 2.38. The largest absolute Gasteiger partial charge is 0.374 e. The highest BCUT2D eigenvalue weighted by molar-refractivity contribution is 4.89. The smallest absolute Gasteiger partial charge is 0.0702 e. The van der Waals surface area contributed by atoms with Crippen LogP contribution in [0.15, 0.2) is 0 Å². The third-order valence-electron chi connectivity index (χ3n) is 5.88. The van der Waals surface area contributed by atoms with Gasteiger partial charge in [-0.25, -0.2) is 0 Å². The van der Waals surface area contributed by atoms with Crippen molar-refractivity contribution in [2.75, 3.05) is 19.7 Å². The Hall–Kier alpha value is -0.0800. The van der Waals surface area contributed by atoms with Gasteiger partial charge in [0.05, 0.1) is 12.2 Å². The number of ether oxygens (including phenoxy) is 1. The topological polar surface area (TPSA) is 21.3 Å². The Labute approximate surface area is 146 Å². The summed E-state index contributed by atoms with van der Waals surface area (Å²) in [6, 6.07) is 0. The van der Waals surface area contributed by atoms with Crippen molar-refractivity contribution in [2.24, 2.45) is 11.3 Å². The summed E-state index contributed by atoms with van der Waals surface area (Å²) in [7, 11) is 0. The SMILES string of the molecule is CCCCCCCCCC(C)(OCC1CCCNC1)C(C)(C)C. The van der Waals surface area contributed by atoms with Gasteiger partial charge in [-0.1, -0.05) is 72.6 Å². The highest BCUT2D eigenvalue weighted by atomic mass is 16.5. The van der Waals surface area contributed by atoms with Crippen LogP contribution in [-0.2, 0) is 4.74 Å². The summed E-state index contributed by atoms with van der Waals surface area (Å²) in [6.07, 6.45) is 13.5. The van der Waals surface area contributed by atoms with Gasteiger partial charge in [0.2, 0.25) is 0 Å². The molecule has 138 valence electrons. The fourth-order valence-corrected chi connectivity index (χ4v) is 3.45. The molecule has 2 atom stereocenters. The van der Waals surface area contributed by atoms with E-state index in [1.54, 1.807) is 0 Å². The van der Waals surface area contributed by atoms with Crippen molar-refractivity contribution in [3.05, 3.63) is 0 Å². The quantitative estimate of drug-likeness (QED) is 0.474. The van der Waals surface area contributed by atoms with Crippen LogP contribution in [-0.4, -0.2) is 25.3 Å². The lowest BCUT2D eigenvalue weighted by atomic mass is 9.74. The first-order chi connectivity index (χ1) is 10.9. The van der Waals surface area contributed by atoms with Gasteiger partial charge in [-0.15, -0.1) is 0 Å². The van der Waals surface area contributed by atoms with Crippen molar-refractivity contribution in [1.82, 2.24) is 5.32 Å². The maximum absolute atomic E-state index is 6.54. The molecule has 0 spiro atoms. The zero-order valence-electron chi connectivity index (χ0n) is 16.7. The van der Waals surface area contributed by atoms with Gasteiger partial charge in [0, 0.05) is 6.54 Å². The molecule has 1 fully saturated rings. The van der Waals surface area contributed by atoms with Gasteiger partial charge < -0.3 is 10.1 Å². The summed E-state index contributed by atoms with van der Waals surface area (Å²) in [6.45, 7) is 14.9. The number of piperidine rings is 1. The molecule has 0 saturated carbocycles. The van der Waals surface area contributed by atoms with Gasteiger partial charge in [-0.05, 0) is 44.1 Å². The number of hydrogen-bond donors (Lipinski definition) is 1. The van der Waals surface area contributed by atoms with Crippen LogP contribution in [0.1, 0.15) is 98.8 Å². The van der Waals surface area contributed by atoms with Crippen LogP contribution >= 0.6 is 0 Å². The molecule has 0 aromatic rings. The average molecular weight is 326 g/mol. The summed E-state index contributed by atoms with van der Waals surface area (Å²) in [5, 5.41) is 3.51. The van der Waals surface area contributed by atoms with Crippen molar-refractivity contribution >= 4 is 0 Å². The fourth-order valence-electron chi connectivity index (χ4n) is 3.45. The molecule has 1 N–H and O–H groups in total. The molecule has 2 heteroatoms. The van der Waals surface area contributed by atoms with Crippen LogP contribution in [0.4, 0.5) is 0 Å². The van der Waals surface area contributed by atoms with Crippen molar-refractivity contribution in [3.8, 4) is 0 Å². The third-order valence-corrected chi connectivity index (χ3v) is 5.88. The van der Waals surface area contributed by atoms with Gasteiger partial charge in [0.25, 0.3) is 0 Å². The number of rotatable bonds is 11. The second-order valence-electron chi connectivity index (χ2n) is 8.88. The average Bonchev–Trinajstić information content (AvgIpc) is 2.52. The molecule has 0 radical (unpaired) electrons. The first kappa shape index (κ1) is 21.0. The van der Waals surface area contributed by atoms with E-state index in [0.717, 1.165) is 13.2 Å². The maximum Gasteiger partial charge on any atom is 0.0702 e. The summed E-state index contributed by atoms with van der Waals surface area (Å²) in [4.78, 5) is 0. The van der Waals surface area contributed by atoms with Gasteiger partial charge in [0.1, 0.15) is 0 Å². The monoisotopic (exact) mass is 325 g/mol. The zero-order valence-corrected chi connectivity index (χ0v) is 16.7. The van der Waals surface area contributed by atoms with Gasteiger partial charge >= 0.3 is 0 Å². The minimum atomic E-state index is 0.00780. The molecule has 1 saturated heterocycles. The third kappa shape index (κ3) is 8.03. The molecule has 1 aliphatic rings. The highest BCUT2D eigenvalue weighted by Gasteiger charge is 2.38. The van der Waals surface area contributed by atoms with E-state index in [1.165, 1.54) is 70.8 Å². The number of unbranched alkanes of at least 4 members (excludes halogenated alkanes) is 6. The lowest BCUT2D eigenvalue weighted by molar-refractivity contribution is -0.122. The van der Waals surface area contributed by atoms with Crippen LogP contribution < -0.4 is 5.32 Å². The number of nitrogens with one attached hydrogen (secondary N) is 1. The van der Waals surface area contributed by atoms with Gasteiger partial charge in [-0.3, -0.25) is 0 Å². The molecule has 0 amide bonds. The first-order valence-electron chi connectivity index (χ1n) is 10.2. The molecule has 2 nitrogen and oxygen atoms in total. The van der Waals surface area contributed by atoms with E-state index in [4.69, 9.17) is 4.74 Å². The van der Waals surface area contributed by atoms with Crippen LogP contribution in [0, 0.1) is 11.3 Å². The Balaban J connectivity index is 2.32. The van der Waals surface area contributed by atoms with Crippen LogP contribution in [0.2, 0.25) is 0 Å². The molecule has 1 rings (SSSR count). The molecule has 0 aromatic carbocycles. The summed E-state index contributed by atoms with van der Waals surface area (Å²) in [5.74, 6) is 0.708. The second-order valence-corrected chi connectivity index (χ2v) is 8.88. The Morgan fingerprint density at radius 1 is 0.957 bits per heavy atom. The minimum absolute atomic E-state index is 0.00780. The maximum atomic E-state index is 6.54. The van der Waals surface area contributed by atoms with Crippen LogP contribution in [0.25, 0.3) is 0 Å². The van der Waals surface area contributed by atoms with E-state index in [-0.39, 0.29) is 11.0 Å². The van der Waals surface area contributed by atoms with Crippen LogP contribution in [0.3, 0.4) is 0 Å². The molecular weight excluding hydrogens is 282 g/mol. The Morgan fingerprint density at radius 3 is 2.17 bits per heavy atom. The van der Waals surface area contributed by atoms with E-state index >= 15 is 0 Å². The molecular formula is C21H43NO. The van der Waals surface area contributed by atoms with Gasteiger partial charge in [0.15, 0.2) is 0 Å². The molecule has 23 heavy (non-hydrogen) atoms. The van der Waals surface area contributed by atoms with Gasteiger partial charge in [-0.2, -0.15) is 0 Å². The lowest BCUT2D eigenvalue weighted by Crippen LogP contribution is -2.45. The molecule has 0 aromatic heterocycles. The van der Waals surface area contributed by atoms with E-state index in [0.29, 0.717) is 5.92 Å². The molecule has 1 aliphatic heterocycles. The molecule has 1 heterocycles. The van der Waals surface area contributed by atoms with E-state index in [9.17, 15) is 0 Å². The number of hydrogen-bond acceptors (Lipinski definition) is 2. The zero-order chi connectivity index (χ0) is 17.2. The standard InChI is InChI=1S/C21H43NO/c1-6-7-8-9-10-11-12-15-21(5,20(2,3)4)23-18-19-14-13-16-22-17-19/h19,22H,6-18H2,1-5H3. The van der Waals surface area contributed by atoms with Crippen molar-refractivity contribution in [2.45, 2.75) is 104 Å². The van der Waals surface area contributed by atoms with Crippen LogP contribution in [0.5, 0.6) is 0 Å². The summed E-state index contributed by atoms with van der Waals surface area (Å²) in [5.41, 5.74) is 0.213. The van der Waals surface area contributed by atoms with Crippen molar-refractivity contribution in [3.63, 3.8) is 0 Å². The van der Waals surface area contributed by atoms with E-state index < -0.39 is 0 Å². The summed E-state index contributed by atoms with van der Waals surface area (Å²) < 4.78 is 6.54. The fraction of sp³-hybridized carbons (Fsp3) is 1.00. The molecule has 2 unspecified atom stereocenters. The molecule has 0 aliphatic carbocycles. The Bertz CT molecular complexity index is 291. The Kier molecular flexibility index (Phi) is 9.77. The van der Waals surface area contributed by atoms with E-state index in [1.807, 2.05) is 0 Å². The Morgan fingerprint density at radius 2 is 1.61 bits per heavy atom. The van der Waals surface area contributed by atoms with Crippen molar-refractivity contribution in [1.29, 1.82) is 0 Å².